The molecule has 1 heterocycles. The molecule has 0 unspecified atom stereocenters. The number of hydrogen-bond donors (Lipinski definition) is 1. The first-order chi connectivity index (χ1) is 15.1. The van der Waals surface area contributed by atoms with Crippen molar-refractivity contribution in [2.75, 3.05) is 26.2 Å². The third-order valence-electron chi connectivity index (χ3n) is 5.81. The fourth-order valence-corrected chi connectivity index (χ4v) is 4.28. The Bertz CT molecular complexity index is 1030. The number of fused-ring (bicyclic) bond motifs is 1. The van der Waals surface area contributed by atoms with E-state index in [1.807, 2.05) is 30.3 Å². The van der Waals surface area contributed by atoms with E-state index in [-0.39, 0.29) is 17.6 Å². The van der Waals surface area contributed by atoms with E-state index < -0.39 is 0 Å². The van der Waals surface area contributed by atoms with Crippen molar-refractivity contribution in [3.05, 3.63) is 77.1 Å². The van der Waals surface area contributed by atoms with Crippen molar-refractivity contribution in [1.82, 2.24) is 10.2 Å². The summed E-state index contributed by atoms with van der Waals surface area (Å²) in [6.07, 6.45) is 1.50. The SMILES string of the molecule is O=C(NCCOc1cccc2ccccc12)C1CCN(Cc2c(F)cccc2Cl)CC1. The van der Waals surface area contributed by atoms with Crippen molar-refractivity contribution in [1.29, 1.82) is 0 Å². The molecule has 0 atom stereocenters. The molecule has 1 N–H and O–H groups in total. The molecule has 0 radical (unpaired) electrons. The molecule has 1 aliphatic rings. The zero-order valence-corrected chi connectivity index (χ0v) is 18.1. The lowest BCUT2D eigenvalue weighted by Crippen LogP contribution is -2.41. The lowest BCUT2D eigenvalue weighted by atomic mass is 9.95. The minimum atomic E-state index is -0.279. The molecular formula is C25H26ClFN2O2. The summed E-state index contributed by atoms with van der Waals surface area (Å²) in [6, 6.07) is 18.8. The summed E-state index contributed by atoms with van der Waals surface area (Å²) in [6.45, 7) is 2.85. The molecule has 4 rings (SSSR count). The smallest absolute Gasteiger partial charge is 0.223 e. The Hall–Kier alpha value is -2.63. The van der Waals surface area contributed by atoms with Crippen LogP contribution in [-0.4, -0.2) is 37.0 Å². The number of rotatable bonds is 7. The van der Waals surface area contributed by atoms with E-state index in [0.29, 0.717) is 30.3 Å². The van der Waals surface area contributed by atoms with Gasteiger partial charge in [-0.05, 0) is 49.5 Å². The molecular weight excluding hydrogens is 415 g/mol. The van der Waals surface area contributed by atoms with E-state index in [1.54, 1.807) is 12.1 Å². The molecule has 1 aliphatic heterocycles. The third kappa shape index (κ3) is 5.35. The second kappa shape index (κ2) is 10.1. The van der Waals surface area contributed by atoms with Gasteiger partial charge < -0.3 is 10.1 Å². The Morgan fingerprint density at radius 3 is 2.61 bits per heavy atom. The Labute approximate surface area is 187 Å². The summed E-state index contributed by atoms with van der Waals surface area (Å²) in [5, 5.41) is 5.64. The zero-order valence-electron chi connectivity index (χ0n) is 17.3. The third-order valence-corrected chi connectivity index (χ3v) is 6.16. The van der Waals surface area contributed by atoms with Crippen molar-refractivity contribution in [3.63, 3.8) is 0 Å². The van der Waals surface area contributed by atoms with Crippen LogP contribution in [0.4, 0.5) is 4.39 Å². The molecule has 0 bridgehead atoms. The highest BCUT2D eigenvalue weighted by Gasteiger charge is 2.25. The maximum Gasteiger partial charge on any atom is 0.223 e. The number of halogens is 2. The lowest BCUT2D eigenvalue weighted by molar-refractivity contribution is -0.126. The van der Waals surface area contributed by atoms with Crippen molar-refractivity contribution >= 4 is 28.3 Å². The van der Waals surface area contributed by atoms with Crippen LogP contribution in [0.2, 0.25) is 5.02 Å². The van der Waals surface area contributed by atoms with Crippen LogP contribution in [0.1, 0.15) is 18.4 Å². The van der Waals surface area contributed by atoms with E-state index in [4.69, 9.17) is 16.3 Å². The van der Waals surface area contributed by atoms with E-state index in [1.165, 1.54) is 6.07 Å². The summed E-state index contributed by atoms with van der Waals surface area (Å²) in [5.74, 6) is 0.584. The van der Waals surface area contributed by atoms with Crippen molar-refractivity contribution in [3.8, 4) is 5.75 Å². The summed E-state index contributed by atoms with van der Waals surface area (Å²) >= 11 is 6.13. The second-order valence-electron chi connectivity index (χ2n) is 7.87. The number of likely N-dealkylation sites (tertiary alicyclic amines) is 1. The van der Waals surface area contributed by atoms with Crippen LogP contribution in [0.3, 0.4) is 0 Å². The standard InChI is InChI=1S/C25H26ClFN2O2/c26-22-8-4-9-23(27)21(22)17-29-14-11-19(12-15-29)25(30)28-13-16-31-24-10-3-6-18-5-1-2-7-20(18)24/h1-10,19H,11-17H2,(H,28,30). The summed E-state index contributed by atoms with van der Waals surface area (Å²) in [5.41, 5.74) is 0.526. The first kappa shape index (κ1) is 21.6. The highest BCUT2D eigenvalue weighted by atomic mass is 35.5. The van der Waals surface area contributed by atoms with Crippen LogP contribution < -0.4 is 10.1 Å². The molecule has 6 heteroatoms. The molecule has 3 aromatic carbocycles. The quantitative estimate of drug-likeness (QED) is 0.523. The summed E-state index contributed by atoms with van der Waals surface area (Å²) < 4.78 is 19.9. The van der Waals surface area contributed by atoms with Crippen LogP contribution in [-0.2, 0) is 11.3 Å². The predicted molar refractivity (Wildman–Crippen MR) is 122 cm³/mol. The number of benzene rings is 3. The summed E-state index contributed by atoms with van der Waals surface area (Å²) in [7, 11) is 0. The van der Waals surface area contributed by atoms with Gasteiger partial charge in [0.25, 0.3) is 0 Å². The van der Waals surface area contributed by atoms with Gasteiger partial charge in [0.15, 0.2) is 0 Å². The second-order valence-corrected chi connectivity index (χ2v) is 8.27. The van der Waals surface area contributed by atoms with Crippen LogP contribution in [0, 0.1) is 11.7 Å². The van der Waals surface area contributed by atoms with E-state index in [0.717, 1.165) is 42.5 Å². The Balaban J connectivity index is 1.21. The minimum Gasteiger partial charge on any atom is -0.491 e. The number of ether oxygens (including phenoxy) is 1. The molecule has 1 amide bonds. The Kier molecular flexibility index (Phi) is 7.05. The number of carbonyl (C=O) groups is 1. The predicted octanol–water partition coefficient (Wildman–Crippen LogP) is 5.04. The van der Waals surface area contributed by atoms with Crippen LogP contribution in [0.5, 0.6) is 5.75 Å². The average Bonchev–Trinajstić information content (AvgIpc) is 2.79. The van der Waals surface area contributed by atoms with Gasteiger partial charge in [-0.3, -0.25) is 9.69 Å². The van der Waals surface area contributed by atoms with Gasteiger partial charge in [0.1, 0.15) is 18.2 Å². The van der Waals surface area contributed by atoms with E-state index in [9.17, 15) is 9.18 Å². The average molecular weight is 441 g/mol. The van der Waals surface area contributed by atoms with Gasteiger partial charge >= 0.3 is 0 Å². The molecule has 0 saturated carbocycles. The van der Waals surface area contributed by atoms with Crippen LogP contribution >= 0.6 is 11.6 Å². The molecule has 0 aliphatic carbocycles. The number of hydrogen-bond acceptors (Lipinski definition) is 3. The zero-order chi connectivity index (χ0) is 21.6. The maximum absolute atomic E-state index is 14.0. The highest BCUT2D eigenvalue weighted by Crippen LogP contribution is 2.26. The number of nitrogens with one attached hydrogen (secondary N) is 1. The lowest BCUT2D eigenvalue weighted by Gasteiger charge is -2.31. The molecule has 1 saturated heterocycles. The fraction of sp³-hybridized carbons (Fsp3) is 0.320. The highest BCUT2D eigenvalue weighted by molar-refractivity contribution is 6.31. The fourth-order valence-electron chi connectivity index (χ4n) is 4.06. The monoisotopic (exact) mass is 440 g/mol. The first-order valence-corrected chi connectivity index (χ1v) is 11.0. The molecule has 1 fully saturated rings. The van der Waals surface area contributed by atoms with Crippen molar-refractivity contribution < 1.29 is 13.9 Å². The Morgan fingerprint density at radius 2 is 1.81 bits per heavy atom. The topological polar surface area (TPSA) is 41.6 Å². The molecule has 3 aromatic rings. The van der Waals surface area contributed by atoms with Crippen molar-refractivity contribution in [2.24, 2.45) is 5.92 Å². The van der Waals surface area contributed by atoms with Gasteiger partial charge in [0.05, 0.1) is 6.54 Å². The number of piperidine rings is 1. The first-order valence-electron chi connectivity index (χ1n) is 10.7. The Morgan fingerprint density at radius 1 is 1.06 bits per heavy atom. The molecule has 0 aromatic heterocycles. The maximum atomic E-state index is 14.0. The normalized spacial score (nSPS) is 15.2. The van der Waals surface area contributed by atoms with Gasteiger partial charge in [-0.25, -0.2) is 4.39 Å². The van der Waals surface area contributed by atoms with Gasteiger partial charge in [-0.2, -0.15) is 0 Å². The summed E-state index contributed by atoms with van der Waals surface area (Å²) in [4.78, 5) is 14.7. The van der Waals surface area contributed by atoms with Crippen molar-refractivity contribution in [2.45, 2.75) is 19.4 Å². The number of amides is 1. The van der Waals surface area contributed by atoms with Crippen LogP contribution in [0.15, 0.2) is 60.7 Å². The van der Waals surface area contributed by atoms with Gasteiger partial charge in [0, 0.05) is 28.4 Å². The van der Waals surface area contributed by atoms with E-state index in [2.05, 4.69) is 22.3 Å². The molecule has 0 spiro atoms. The molecule has 4 nitrogen and oxygen atoms in total. The van der Waals surface area contributed by atoms with E-state index >= 15 is 0 Å². The molecule has 31 heavy (non-hydrogen) atoms. The molecule has 162 valence electrons. The van der Waals surface area contributed by atoms with Crippen LogP contribution in [0.25, 0.3) is 10.8 Å². The number of carbonyl (C=O) groups excluding carboxylic acids is 1. The van der Waals surface area contributed by atoms with Gasteiger partial charge in [0.2, 0.25) is 5.91 Å². The minimum absolute atomic E-state index is 0.0232. The van der Waals surface area contributed by atoms with Gasteiger partial charge in [-0.15, -0.1) is 0 Å². The largest absolute Gasteiger partial charge is 0.491 e. The van der Waals surface area contributed by atoms with Gasteiger partial charge in [-0.1, -0.05) is 54.1 Å². The number of nitrogens with zero attached hydrogens (tertiary/aromatic N) is 1.